The molecular weight excluding hydrogens is 88.1 g/mol. The second-order valence-electron chi connectivity index (χ2n) is 1.37. The van der Waals surface area contributed by atoms with E-state index in [2.05, 4.69) is 0 Å². The van der Waals surface area contributed by atoms with Crippen LogP contribution in [0, 0.1) is 10.8 Å². The van der Waals surface area contributed by atoms with E-state index in [1.165, 1.54) is 6.21 Å². The highest BCUT2D eigenvalue weighted by atomic mass is 14.4. The van der Waals surface area contributed by atoms with Gasteiger partial charge in [0.15, 0.2) is 0 Å². The van der Waals surface area contributed by atoms with Crippen LogP contribution in [0.3, 0.4) is 0 Å². The van der Waals surface area contributed by atoms with Gasteiger partial charge in [0.1, 0.15) is 0 Å². The van der Waals surface area contributed by atoms with Gasteiger partial charge in [-0.25, -0.2) is 0 Å². The van der Waals surface area contributed by atoms with E-state index in [1.54, 1.807) is 0 Å². The molecule has 0 aliphatic carbocycles. The fraction of sp³-hybridized carbons (Fsp3) is 0.600. The van der Waals surface area contributed by atoms with Gasteiger partial charge in [-0.15, -0.1) is 0 Å². The highest BCUT2D eigenvalue weighted by Gasteiger charge is 1.84. The Bertz CT molecular complexity index is 76.1. The average Bonchev–Trinajstić information content (AvgIpc) is 1.68. The molecule has 0 radical (unpaired) electrons. The lowest BCUT2D eigenvalue weighted by molar-refractivity contribution is 1.20. The maximum absolute atomic E-state index is 6.99. The molecule has 2 nitrogen and oxygen atoms in total. The van der Waals surface area contributed by atoms with Crippen molar-refractivity contribution in [3.05, 3.63) is 0 Å². The first-order valence-electron chi connectivity index (χ1n) is 2.36. The molecule has 2 N–H and O–H groups in total. The third-order valence-corrected chi connectivity index (χ3v) is 0.775. The van der Waals surface area contributed by atoms with Crippen molar-refractivity contribution >= 4 is 11.9 Å². The Morgan fingerprint density at radius 1 is 1.71 bits per heavy atom. The first-order chi connectivity index (χ1) is 3.31. The molecule has 0 saturated heterocycles. The number of rotatable bonds is 3. The fourth-order valence-corrected chi connectivity index (χ4v) is 0.268. The van der Waals surface area contributed by atoms with Crippen molar-refractivity contribution in [3.8, 4) is 0 Å². The lowest BCUT2D eigenvalue weighted by Crippen LogP contribution is -1.91. The molecule has 0 aliphatic rings. The molecule has 0 aliphatic heterocycles. The summed E-state index contributed by atoms with van der Waals surface area (Å²) in [6.07, 6.45) is 2.55. The van der Waals surface area contributed by atoms with Gasteiger partial charge in [0, 0.05) is 18.3 Å². The van der Waals surface area contributed by atoms with E-state index in [4.69, 9.17) is 10.8 Å². The van der Waals surface area contributed by atoms with Gasteiger partial charge in [0.05, 0.1) is 0 Å². The summed E-state index contributed by atoms with van der Waals surface area (Å²) in [5.41, 5.74) is 0.634. The molecule has 0 aromatic carbocycles. The molecule has 0 aromatic heterocycles. The summed E-state index contributed by atoms with van der Waals surface area (Å²) in [6, 6.07) is 0. The van der Waals surface area contributed by atoms with Crippen molar-refractivity contribution in [1.29, 1.82) is 10.8 Å². The van der Waals surface area contributed by atoms with Crippen LogP contribution in [-0.4, -0.2) is 11.9 Å². The predicted molar refractivity (Wildman–Crippen MR) is 31.4 cm³/mol. The Hall–Kier alpha value is -0.660. The molecule has 0 unspecified atom stereocenters. The molecule has 0 aromatic rings. The van der Waals surface area contributed by atoms with Gasteiger partial charge in [-0.3, -0.25) is 0 Å². The second-order valence-corrected chi connectivity index (χ2v) is 1.37. The minimum absolute atomic E-state index is 0.524. The zero-order valence-corrected chi connectivity index (χ0v) is 4.49. The Morgan fingerprint density at radius 2 is 2.29 bits per heavy atom. The van der Waals surface area contributed by atoms with E-state index in [-0.39, 0.29) is 0 Å². The van der Waals surface area contributed by atoms with Crippen LogP contribution in [0.25, 0.3) is 0 Å². The van der Waals surface area contributed by atoms with E-state index in [0.717, 1.165) is 6.42 Å². The van der Waals surface area contributed by atoms with Crippen molar-refractivity contribution in [2.45, 2.75) is 19.8 Å². The summed E-state index contributed by atoms with van der Waals surface area (Å²) in [5.74, 6) is 0. The molecule has 0 saturated carbocycles. The van der Waals surface area contributed by atoms with Gasteiger partial charge in [0.2, 0.25) is 0 Å². The Morgan fingerprint density at radius 3 is 2.43 bits per heavy atom. The molecule has 0 heterocycles. The van der Waals surface area contributed by atoms with Gasteiger partial charge in [-0.1, -0.05) is 6.92 Å². The molecule has 0 fully saturated rings. The Balaban J connectivity index is 3.17. The van der Waals surface area contributed by atoms with Crippen molar-refractivity contribution in [2.24, 2.45) is 0 Å². The normalized spacial score (nSPS) is 8.14. The molecule has 7 heavy (non-hydrogen) atoms. The minimum atomic E-state index is 0.524. The van der Waals surface area contributed by atoms with Crippen LogP contribution in [0.1, 0.15) is 19.8 Å². The maximum Gasteiger partial charge on any atom is 0.0199 e. The molecule has 0 spiro atoms. The average molecular weight is 98.1 g/mol. The Kier molecular flexibility index (Phi) is 3.19. The predicted octanol–water partition coefficient (Wildman–Crippen LogP) is 1.46. The quantitative estimate of drug-likeness (QED) is 0.502. The summed E-state index contributed by atoms with van der Waals surface area (Å²) in [6.45, 7) is 1.92. The Labute approximate surface area is 43.6 Å². The van der Waals surface area contributed by atoms with Crippen LogP contribution in [0.4, 0.5) is 0 Å². The minimum Gasteiger partial charge on any atom is -0.313 e. The molecule has 2 heteroatoms. The molecule has 0 bridgehead atoms. The first-order valence-corrected chi connectivity index (χ1v) is 2.36. The van der Waals surface area contributed by atoms with Gasteiger partial charge in [-0.05, 0) is 6.42 Å². The molecule has 40 valence electrons. The van der Waals surface area contributed by atoms with Crippen LogP contribution in [-0.2, 0) is 0 Å². The van der Waals surface area contributed by atoms with Crippen molar-refractivity contribution in [1.82, 2.24) is 0 Å². The zero-order valence-electron chi connectivity index (χ0n) is 4.49. The van der Waals surface area contributed by atoms with E-state index in [1.807, 2.05) is 6.92 Å². The standard InChI is InChI=1S/C5H10N2/c1-2-5(7)3-4-6/h4,6-7H,2-3H2,1H3. The number of hydrogen-bond donors (Lipinski definition) is 2. The smallest absolute Gasteiger partial charge is 0.0199 e. The van der Waals surface area contributed by atoms with E-state index < -0.39 is 0 Å². The number of hydrogen-bond acceptors (Lipinski definition) is 2. The summed E-state index contributed by atoms with van der Waals surface area (Å²) in [7, 11) is 0. The molecule has 0 rings (SSSR count). The zero-order chi connectivity index (χ0) is 5.70. The van der Waals surface area contributed by atoms with Crippen LogP contribution < -0.4 is 0 Å². The lowest BCUT2D eigenvalue weighted by atomic mass is 10.2. The highest BCUT2D eigenvalue weighted by Crippen LogP contribution is 1.82. The topological polar surface area (TPSA) is 47.7 Å². The van der Waals surface area contributed by atoms with Crippen LogP contribution in [0.15, 0.2) is 0 Å². The van der Waals surface area contributed by atoms with E-state index >= 15 is 0 Å². The summed E-state index contributed by atoms with van der Waals surface area (Å²) in [4.78, 5) is 0. The summed E-state index contributed by atoms with van der Waals surface area (Å²) in [5, 5.41) is 13.6. The molecule has 0 atom stereocenters. The van der Waals surface area contributed by atoms with Crippen LogP contribution >= 0.6 is 0 Å². The fourth-order valence-electron chi connectivity index (χ4n) is 0.268. The van der Waals surface area contributed by atoms with Crippen LogP contribution in [0.2, 0.25) is 0 Å². The van der Waals surface area contributed by atoms with Gasteiger partial charge < -0.3 is 10.8 Å². The van der Waals surface area contributed by atoms with E-state index in [9.17, 15) is 0 Å². The largest absolute Gasteiger partial charge is 0.313 e. The monoisotopic (exact) mass is 98.1 g/mol. The third-order valence-electron chi connectivity index (χ3n) is 0.775. The lowest BCUT2D eigenvalue weighted by Gasteiger charge is -1.87. The van der Waals surface area contributed by atoms with Gasteiger partial charge in [-0.2, -0.15) is 0 Å². The first kappa shape index (κ1) is 6.34. The van der Waals surface area contributed by atoms with Gasteiger partial charge in [0.25, 0.3) is 0 Å². The van der Waals surface area contributed by atoms with Crippen molar-refractivity contribution in [3.63, 3.8) is 0 Å². The SMILES string of the molecule is CCC(=N)CC=N. The summed E-state index contributed by atoms with van der Waals surface area (Å²) >= 11 is 0. The molecule has 0 amide bonds. The van der Waals surface area contributed by atoms with E-state index in [0.29, 0.717) is 12.1 Å². The maximum atomic E-state index is 6.99. The van der Waals surface area contributed by atoms with Gasteiger partial charge >= 0.3 is 0 Å². The highest BCUT2D eigenvalue weighted by molar-refractivity contribution is 5.92. The number of nitrogens with one attached hydrogen (secondary N) is 2. The third kappa shape index (κ3) is 3.16. The molecular formula is C5H10N2. The second kappa shape index (κ2) is 3.53. The summed E-state index contributed by atoms with van der Waals surface area (Å²) < 4.78 is 0. The van der Waals surface area contributed by atoms with Crippen molar-refractivity contribution in [2.75, 3.05) is 0 Å². The van der Waals surface area contributed by atoms with Crippen LogP contribution in [0.5, 0.6) is 0 Å². The van der Waals surface area contributed by atoms with Crippen molar-refractivity contribution < 1.29 is 0 Å².